The highest BCUT2D eigenvalue weighted by Crippen LogP contribution is 2.10. The van der Waals surface area contributed by atoms with Crippen LogP contribution >= 0.6 is 0 Å². The van der Waals surface area contributed by atoms with Crippen LogP contribution in [0.3, 0.4) is 0 Å². The lowest BCUT2D eigenvalue weighted by Crippen LogP contribution is -2.37. The van der Waals surface area contributed by atoms with Crippen LogP contribution in [0.15, 0.2) is 30.3 Å². The maximum atomic E-state index is 11.5. The third-order valence-corrected chi connectivity index (χ3v) is 2.03. The Labute approximate surface area is 95.6 Å². The first kappa shape index (κ1) is 12.5. The highest BCUT2D eigenvalue weighted by atomic mass is 16.5. The zero-order valence-corrected chi connectivity index (χ0v) is 9.60. The molecule has 0 saturated carbocycles. The minimum absolute atomic E-state index is 0.138. The van der Waals surface area contributed by atoms with Crippen LogP contribution in [0.1, 0.15) is 6.92 Å². The van der Waals surface area contributed by atoms with Gasteiger partial charge < -0.3 is 14.8 Å². The third-order valence-electron chi connectivity index (χ3n) is 2.03. The van der Waals surface area contributed by atoms with E-state index < -0.39 is 6.10 Å². The molecule has 0 aliphatic carbocycles. The second-order valence-corrected chi connectivity index (χ2v) is 3.36. The van der Waals surface area contributed by atoms with Gasteiger partial charge in [-0.15, -0.1) is 0 Å². The molecule has 16 heavy (non-hydrogen) atoms. The summed E-state index contributed by atoms with van der Waals surface area (Å²) in [5.74, 6) is 0.554. The molecule has 88 valence electrons. The van der Waals surface area contributed by atoms with E-state index in [2.05, 4.69) is 5.32 Å². The van der Waals surface area contributed by atoms with Gasteiger partial charge in [-0.3, -0.25) is 4.79 Å². The number of hydrogen-bond acceptors (Lipinski definition) is 3. The molecule has 1 aromatic rings. The Morgan fingerprint density at radius 1 is 1.38 bits per heavy atom. The molecule has 0 aliphatic rings. The number of methoxy groups -OCH3 is 1. The van der Waals surface area contributed by atoms with Gasteiger partial charge in [-0.05, 0) is 19.1 Å². The van der Waals surface area contributed by atoms with Gasteiger partial charge in [-0.25, -0.2) is 0 Å². The summed E-state index contributed by atoms with van der Waals surface area (Å²) in [5, 5.41) is 2.71. The second kappa shape index (κ2) is 6.85. The van der Waals surface area contributed by atoms with Crippen molar-refractivity contribution < 1.29 is 14.3 Å². The number of benzene rings is 1. The molecule has 0 fully saturated rings. The summed E-state index contributed by atoms with van der Waals surface area (Å²) in [4.78, 5) is 11.5. The Morgan fingerprint density at radius 2 is 2.06 bits per heavy atom. The van der Waals surface area contributed by atoms with Gasteiger partial charge in [0.1, 0.15) is 5.75 Å². The van der Waals surface area contributed by atoms with Gasteiger partial charge in [0.2, 0.25) is 0 Å². The number of nitrogens with one attached hydrogen (secondary N) is 1. The van der Waals surface area contributed by atoms with E-state index in [4.69, 9.17) is 9.47 Å². The van der Waals surface area contributed by atoms with Crippen molar-refractivity contribution in [2.24, 2.45) is 0 Å². The molecule has 4 heteroatoms. The van der Waals surface area contributed by atoms with Gasteiger partial charge in [-0.1, -0.05) is 18.2 Å². The van der Waals surface area contributed by atoms with E-state index in [-0.39, 0.29) is 5.91 Å². The van der Waals surface area contributed by atoms with Gasteiger partial charge in [0.25, 0.3) is 5.91 Å². The fourth-order valence-electron chi connectivity index (χ4n) is 1.18. The second-order valence-electron chi connectivity index (χ2n) is 3.36. The summed E-state index contributed by atoms with van der Waals surface area (Å²) in [5.41, 5.74) is 0. The van der Waals surface area contributed by atoms with Gasteiger partial charge in [-0.2, -0.15) is 0 Å². The van der Waals surface area contributed by atoms with Crippen LogP contribution in [-0.4, -0.2) is 32.3 Å². The van der Waals surface area contributed by atoms with Crippen LogP contribution < -0.4 is 10.1 Å². The Kier molecular flexibility index (Phi) is 5.36. The molecule has 1 amide bonds. The van der Waals surface area contributed by atoms with Gasteiger partial charge >= 0.3 is 0 Å². The highest BCUT2D eigenvalue weighted by molar-refractivity contribution is 5.80. The number of rotatable bonds is 6. The first-order valence-electron chi connectivity index (χ1n) is 5.22. The van der Waals surface area contributed by atoms with E-state index in [1.807, 2.05) is 30.3 Å². The quantitative estimate of drug-likeness (QED) is 0.737. The molecular formula is C12H17NO3. The standard InChI is InChI=1S/C12H17NO3/c1-10(12(14)13-8-9-15-2)16-11-6-4-3-5-7-11/h3-7,10H,8-9H2,1-2H3,(H,13,14)/t10-/m0/s1. The van der Waals surface area contributed by atoms with Crippen molar-refractivity contribution in [2.45, 2.75) is 13.0 Å². The highest BCUT2D eigenvalue weighted by Gasteiger charge is 2.13. The van der Waals surface area contributed by atoms with Gasteiger partial charge in [0.15, 0.2) is 6.10 Å². The number of para-hydroxylation sites is 1. The zero-order valence-electron chi connectivity index (χ0n) is 9.60. The summed E-state index contributed by atoms with van der Waals surface area (Å²) in [6.07, 6.45) is -0.501. The lowest BCUT2D eigenvalue weighted by Gasteiger charge is -2.14. The zero-order chi connectivity index (χ0) is 11.8. The summed E-state index contributed by atoms with van der Waals surface area (Å²) in [6, 6.07) is 9.27. The molecule has 1 N–H and O–H groups in total. The van der Waals surface area contributed by atoms with Gasteiger partial charge in [0.05, 0.1) is 6.61 Å². The smallest absolute Gasteiger partial charge is 0.260 e. The minimum Gasteiger partial charge on any atom is -0.481 e. The maximum absolute atomic E-state index is 11.5. The molecule has 0 unspecified atom stereocenters. The molecule has 0 heterocycles. The number of carbonyl (C=O) groups is 1. The third kappa shape index (κ3) is 4.31. The minimum atomic E-state index is -0.501. The molecule has 0 saturated heterocycles. The Bertz CT molecular complexity index is 313. The predicted molar refractivity (Wildman–Crippen MR) is 61.4 cm³/mol. The Balaban J connectivity index is 2.34. The van der Waals surface area contributed by atoms with E-state index in [1.165, 1.54) is 0 Å². The Morgan fingerprint density at radius 3 is 2.69 bits per heavy atom. The molecule has 1 aromatic carbocycles. The van der Waals surface area contributed by atoms with Crippen molar-refractivity contribution >= 4 is 5.91 Å². The fourth-order valence-corrected chi connectivity index (χ4v) is 1.18. The van der Waals surface area contributed by atoms with E-state index in [1.54, 1.807) is 14.0 Å². The molecular weight excluding hydrogens is 206 g/mol. The first-order chi connectivity index (χ1) is 7.74. The number of amides is 1. The van der Waals surface area contributed by atoms with Crippen molar-refractivity contribution in [3.05, 3.63) is 30.3 Å². The summed E-state index contributed by atoms with van der Waals surface area (Å²) >= 11 is 0. The number of ether oxygens (including phenoxy) is 2. The molecule has 1 rings (SSSR count). The average molecular weight is 223 g/mol. The number of hydrogen-bond donors (Lipinski definition) is 1. The molecule has 4 nitrogen and oxygen atoms in total. The topological polar surface area (TPSA) is 47.6 Å². The van der Waals surface area contributed by atoms with Crippen LogP contribution in [0.5, 0.6) is 5.75 Å². The van der Waals surface area contributed by atoms with Crippen LogP contribution in [-0.2, 0) is 9.53 Å². The monoisotopic (exact) mass is 223 g/mol. The molecule has 0 aliphatic heterocycles. The summed E-state index contributed by atoms with van der Waals surface area (Å²) in [6.45, 7) is 2.72. The number of carbonyl (C=O) groups excluding carboxylic acids is 1. The van der Waals surface area contributed by atoms with Crippen LogP contribution in [0, 0.1) is 0 Å². The lowest BCUT2D eigenvalue weighted by atomic mass is 10.3. The van der Waals surface area contributed by atoms with E-state index in [0.717, 1.165) is 0 Å². The van der Waals surface area contributed by atoms with Crippen molar-refractivity contribution in [3.8, 4) is 5.75 Å². The van der Waals surface area contributed by atoms with Crippen LogP contribution in [0.2, 0.25) is 0 Å². The van der Waals surface area contributed by atoms with Crippen molar-refractivity contribution in [1.82, 2.24) is 5.32 Å². The fraction of sp³-hybridized carbons (Fsp3) is 0.417. The largest absolute Gasteiger partial charge is 0.481 e. The SMILES string of the molecule is COCCNC(=O)[C@H](C)Oc1ccccc1. The van der Waals surface area contributed by atoms with Crippen LogP contribution in [0.4, 0.5) is 0 Å². The lowest BCUT2D eigenvalue weighted by molar-refractivity contribution is -0.127. The molecule has 0 radical (unpaired) electrons. The molecule has 0 bridgehead atoms. The van der Waals surface area contributed by atoms with Crippen molar-refractivity contribution in [3.63, 3.8) is 0 Å². The molecule has 1 atom stereocenters. The maximum Gasteiger partial charge on any atom is 0.260 e. The van der Waals surface area contributed by atoms with Crippen molar-refractivity contribution in [1.29, 1.82) is 0 Å². The summed E-state index contributed by atoms with van der Waals surface area (Å²) in [7, 11) is 1.59. The van der Waals surface area contributed by atoms with Crippen LogP contribution in [0.25, 0.3) is 0 Å². The first-order valence-corrected chi connectivity index (χ1v) is 5.22. The summed E-state index contributed by atoms with van der Waals surface area (Å²) < 4.78 is 10.3. The van der Waals surface area contributed by atoms with E-state index >= 15 is 0 Å². The predicted octanol–water partition coefficient (Wildman–Crippen LogP) is 1.22. The molecule has 0 spiro atoms. The van der Waals surface area contributed by atoms with Crippen molar-refractivity contribution in [2.75, 3.05) is 20.3 Å². The van der Waals surface area contributed by atoms with Gasteiger partial charge in [0, 0.05) is 13.7 Å². The average Bonchev–Trinajstić information content (AvgIpc) is 2.30. The molecule has 0 aromatic heterocycles. The van der Waals surface area contributed by atoms with E-state index in [9.17, 15) is 4.79 Å². The van der Waals surface area contributed by atoms with E-state index in [0.29, 0.717) is 18.9 Å². The normalized spacial score (nSPS) is 11.9. The Hall–Kier alpha value is -1.55.